The molecule has 1 aromatic carbocycles. The average molecular weight is 471 g/mol. The van der Waals surface area contributed by atoms with Crippen molar-refractivity contribution in [3.63, 3.8) is 0 Å². The number of fused-ring (bicyclic) bond motifs is 1. The normalized spacial score (nSPS) is 20.3. The van der Waals surface area contributed by atoms with E-state index in [4.69, 9.17) is 11.6 Å². The highest BCUT2D eigenvalue weighted by atomic mass is 35.5. The lowest BCUT2D eigenvalue weighted by atomic mass is 9.87. The minimum absolute atomic E-state index is 0.327. The van der Waals surface area contributed by atoms with E-state index >= 15 is 0 Å². The highest BCUT2D eigenvalue weighted by Gasteiger charge is 2.51. The first kappa shape index (κ1) is 22.3. The van der Waals surface area contributed by atoms with Crippen molar-refractivity contribution in [3.8, 4) is 6.07 Å². The molecule has 0 spiro atoms. The van der Waals surface area contributed by atoms with Gasteiger partial charge in [-0.15, -0.1) is 11.3 Å². The van der Waals surface area contributed by atoms with Gasteiger partial charge in [0.2, 0.25) is 5.91 Å². The number of anilines is 1. The molecule has 1 unspecified atom stereocenters. The van der Waals surface area contributed by atoms with Gasteiger partial charge in [0.1, 0.15) is 23.2 Å². The van der Waals surface area contributed by atoms with Gasteiger partial charge in [0.25, 0.3) is 5.91 Å². The molecule has 1 saturated heterocycles. The van der Waals surface area contributed by atoms with Crippen molar-refractivity contribution in [3.05, 3.63) is 50.9 Å². The van der Waals surface area contributed by atoms with Crippen LogP contribution in [-0.4, -0.2) is 29.3 Å². The molecule has 7 nitrogen and oxygen atoms in total. The Kier molecular flexibility index (Phi) is 6.22. The number of nitrogens with one attached hydrogen (secondary N) is 2. The first-order valence-corrected chi connectivity index (χ1v) is 11.8. The van der Waals surface area contributed by atoms with E-state index in [1.54, 1.807) is 31.2 Å². The molecule has 1 fully saturated rings. The van der Waals surface area contributed by atoms with E-state index in [1.807, 2.05) is 0 Å². The number of halogens is 1. The fourth-order valence-electron chi connectivity index (χ4n) is 4.40. The van der Waals surface area contributed by atoms with Crippen LogP contribution in [0.3, 0.4) is 0 Å². The molecule has 2 heterocycles. The van der Waals surface area contributed by atoms with Gasteiger partial charge in [0.15, 0.2) is 0 Å². The van der Waals surface area contributed by atoms with Gasteiger partial charge < -0.3 is 10.6 Å². The molecule has 2 N–H and O–H groups in total. The summed E-state index contributed by atoms with van der Waals surface area (Å²) in [6.07, 6.45) is 5.28. The Bertz CT molecular complexity index is 1120. The van der Waals surface area contributed by atoms with E-state index in [2.05, 4.69) is 16.7 Å². The summed E-state index contributed by atoms with van der Waals surface area (Å²) in [4.78, 5) is 40.7. The molecule has 2 aliphatic rings. The summed E-state index contributed by atoms with van der Waals surface area (Å²) in [6.45, 7) is 1.38. The number of hydrogen-bond acceptors (Lipinski definition) is 5. The number of carbonyl (C=O) groups excluding carboxylic acids is 3. The maximum absolute atomic E-state index is 13.2. The van der Waals surface area contributed by atoms with Crippen LogP contribution in [0.5, 0.6) is 0 Å². The fraction of sp³-hybridized carbons (Fsp3) is 0.391. The highest BCUT2D eigenvalue weighted by Crippen LogP contribution is 2.37. The van der Waals surface area contributed by atoms with Gasteiger partial charge in [-0.05, 0) is 55.4 Å². The minimum atomic E-state index is -1.24. The van der Waals surface area contributed by atoms with E-state index in [0.717, 1.165) is 47.4 Å². The van der Waals surface area contributed by atoms with Crippen molar-refractivity contribution in [1.29, 1.82) is 5.26 Å². The number of imide groups is 1. The smallest absolute Gasteiger partial charge is 0.319 e. The van der Waals surface area contributed by atoms with E-state index in [9.17, 15) is 19.6 Å². The van der Waals surface area contributed by atoms with Gasteiger partial charge in [-0.2, -0.15) is 5.26 Å². The molecular formula is C23H23ClN4O3S. The van der Waals surface area contributed by atoms with Crippen molar-refractivity contribution in [2.75, 3.05) is 11.9 Å². The molecule has 4 amide bonds. The van der Waals surface area contributed by atoms with Crippen molar-refractivity contribution in [2.24, 2.45) is 0 Å². The maximum Gasteiger partial charge on any atom is 0.325 e. The Morgan fingerprint density at radius 3 is 2.66 bits per heavy atom. The number of amides is 4. The summed E-state index contributed by atoms with van der Waals surface area (Å²) in [5, 5.41) is 16.2. The Morgan fingerprint density at radius 2 is 1.97 bits per heavy atom. The van der Waals surface area contributed by atoms with Crippen LogP contribution in [0.4, 0.5) is 9.80 Å². The molecule has 1 aliphatic carbocycles. The third kappa shape index (κ3) is 3.87. The van der Waals surface area contributed by atoms with Crippen LogP contribution in [0.1, 0.15) is 54.2 Å². The zero-order valence-electron chi connectivity index (χ0n) is 17.7. The highest BCUT2D eigenvalue weighted by molar-refractivity contribution is 7.16. The van der Waals surface area contributed by atoms with Crippen molar-refractivity contribution in [2.45, 2.75) is 51.0 Å². The van der Waals surface area contributed by atoms with E-state index < -0.39 is 29.9 Å². The molecule has 32 heavy (non-hydrogen) atoms. The van der Waals surface area contributed by atoms with Gasteiger partial charge in [0.05, 0.1) is 5.56 Å². The number of aryl methyl sites for hydroxylation is 1. The molecule has 9 heteroatoms. The van der Waals surface area contributed by atoms with Gasteiger partial charge >= 0.3 is 6.03 Å². The SMILES string of the molecule is CCC1(c2ccc(Cl)cc2)NC(=O)N(CC(=O)Nc2sc3c(c2C#N)CCCCC3)C1=O. The van der Waals surface area contributed by atoms with Crippen molar-refractivity contribution >= 4 is 45.8 Å². The Balaban J connectivity index is 1.53. The lowest BCUT2D eigenvalue weighted by Crippen LogP contribution is -2.44. The molecule has 1 aromatic heterocycles. The van der Waals surface area contributed by atoms with E-state index in [-0.39, 0.29) is 0 Å². The number of thiophene rings is 1. The number of carbonyl (C=O) groups is 3. The maximum atomic E-state index is 13.2. The zero-order chi connectivity index (χ0) is 22.9. The van der Waals surface area contributed by atoms with Crippen LogP contribution < -0.4 is 10.6 Å². The first-order valence-electron chi connectivity index (χ1n) is 10.6. The summed E-state index contributed by atoms with van der Waals surface area (Å²) in [7, 11) is 0. The van der Waals surface area contributed by atoms with Crippen LogP contribution in [0.25, 0.3) is 0 Å². The fourth-order valence-corrected chi connectivity index (χ4v) is 5.78. The molecule has 0 radical (unpaired) electrons. The van der Waals surface area contributed by atoms with Crippen molar-refractivity contribution in [1.82, 2.24) is 10.2 Å². The Morgan fingerprint density at radius 1 is 1.25 bits per heavy atom. The molecule has 4 rings (SSSR count). The summed E-state index contributed by atoms with van der Waals surface area (Å²) in [5.41, 5.74) is 0.897. The predicted molar refractivity (Wildman–Crippen MR) is 123 cm³/mol. The van der Waals surface area contributed by atoms with E-state index in [1.165, 1.54) is 11.3 Å². The lowest BCUT2D eigenvalue weighted by molar-refractivity contribution is -0.134. The van der Waals surface area contributed by atoms with Crippen LogP contribution in [0, 0.1) is 11.3 Å². The Hall–Kier alpha value is -2.89. The van der Waals surface area contributed by atoms with Gasteiger partial charge in [-0.25, -0.2) is 4.79 Å². The number of nitriles is 1. The summed E-state index contributed by atoms with van der Waals surface area (Å²) < 4.78 is 0. The van der Waals surface area contributed by atoms with Crippen molar-refractivity contribution < 1.29 is 14.4 Å². The number of urea groups is 1. The zero-order valence-corrected chi connectivity index (χ0v) is 19.2. The minimum Gasteiger partial charge on any atom is -0.319 e. The van der Waals surface area contributed by atoms with Gasteiger partial charge in [-0.1, -0.05) is 37.1 Å². The average Bonchev–Trinajstić information content (AvgIpc) is 3.10. The van der Waals surface area contributed by atoms with Crippen LogP contribution >= 0.6 is 22.9 Å². The molecule has 166 valence electrons. The summed E-state index contributed by atoms with van der Waals surface area (Å²) >= 11 is 7.38. The van der Waals surface area contributed by atoms with Crippen LogP contribution in [0.15, 0.2) is 24.3 Å². The molecular weight excluding hydrogens is 448 g/mol. The van der Waals surface area contributed by atoms with E-state index in [0.29, 0.717) is 27.6 Å². The second-order valence-electron chi connectivity index (χ2n) is 8.02. The number of hydrogen-bond donors (Lipinski definition) is 2. The first-order chi connectivity index (χ1) is 15.4. The van der Waals surface area contributed by atoms with Crippen LogP contribution in [0.2, 0.25) is 5.02 Å². The Labute approximate surface area is 195 Å². The predicted octanol–water partition coefficient (Wildman–Crippen LogP) is 4.34. The molecule has 0 bridgehead atoms. The molecule has 2 aromatic rings. The standard InChI is InChI=1S/C23H23ClN4O3S/c1-2-23(14-8-10-15(24)11-9-14)21(30)28(22(31)27-23)13-19(29)26-20-17(12-25)16-6-4-3-5-7-18(16)32-20/h8-11H,2-7,13H2,1H3,(H,26,29)(H,27,31). The van der Waals surface area contributed by atoms with Crippen LogP contribution in [-0.2, 0) is 28.0 Å². The van der Waals surface area contributed by atoms with Gasteiger partial charge in [0, 0.05) is 9.90 Å². The second kappa shape index (κ2) is 8.93. The number of benzene rings is 1. The lowest BCUT2D eigenvalue weighted by Gasteiger charge is -2.25. The molecule has 0 saturated carbocycles. The third-order valence-corrected chi connectivity index (χ3v) is 7.59. The quantitative estimate of drug-likeness (QED) is 0.501. The molecule has 1 atom stereocenters. The third-order valence-electron chi connectivity index (χ3n) is 6.13. The summed E-state index contributed by atoms with van der Waals surface area (Å²) in [6, 6.07) is 8.32. The number of nitrogens with zero attached hydrogens (tertiary/aromatic N) is 2. The monoisotopic (exact) mass is 470 g/mol. The number of rotatable bonds is 5. The molecule has 1 aliphatic heterocycles. The second-order valence-corrected chi connectivity index (χ2v) is 9.56. The van der Waals surface area contributed by atoms with Gasteiger partial charge in [-0.3, -0.25) is 14.5 Å². The summed E-state index contributed by atoms with van der Waals surface area (Å²) in [5.74, 6) is -0.991. The topological polar surface area (TPSA) is 102 Å². The largest absolute Gasteiger partial charge is 0.325 e.